The number of methoxy groups -OCH3 is 3. The molecule has 1 unspecified atom stereocenters. The van der Waals surface area contributed by atoms with Crippen LogP contribution in [0.3, 0.4) is 0 Å². The molecular weight excluding hydrogens is 436 g/mol. The standard InChI is InChI=1S/C26H30N2O6/c1-32-19-15-18(16-20(33-2)25(19)34-3)22-21(23(29)17-9-5-4-6-10-17)24(30)26(31)28(22)14-13-27-11-7-8-12-27/h4-6,9-10,15-16,22,29H,7-8,11-14H2,1-3H3/b23-21+. The van der Waals surface area contributed by atoms with Gasteiger partial charge in [-0.15, -0.1) is 0 Å². The van der Waals surface area contributed by atoms with Crippen LogP contribution in [-0.2, 0) is 9.59 Å². The summed E-state index contributed by atoms with van der Waals surface area (Å²) >= 11 is 0. The normalized spacial score (nSPS) is 20.1. The van der Waals surface area contributed by atoms with Crippen molar-refractivity contribution in [2.24, 2.45) is 0 Å². The van der Waals surface area contributed by atoms with Crippen LogP contribution in [0.4, 0.5) is 0 Å². The Bertz CT molecular complexity index is 1070. The second-order valence-corrected chi connectivity index (χ2v) is 8.37. The number of carbonyl (C=O) groups is 2. The summed E-state index contributed by atoms with van der Waals surface area (Å²) in [5.74, 6) is -0.326. The maximum atomic E-state index is 13.2. The summed E-state index contributed by atoms with van der Waals surface area (Å²) in [5, 5.41) is 11.2. The monoisotopic (exact) mass is 466 g/mol. The first kappa shape index (κ1) is 23.6. The minimum atomic E-state index is -0.795. The van der Waals surface area contributed by atoms with Crippen molar-refractivity contribution in [3.8, 4) is 17.2 Å². The van der Waals surface area contributed by atoms with Crippen molar-refractivity contribution in [1.82, 2.24) is 9.80 Å². The number of ether oxygens (including phenoxy) is 3. The van der Waals surface area contributed by atoms with Crippen molar-refractivity contribution in [3.63, 3.8) is 0 Å². The molecule has 0 aliphatic carbocycles. The molecule has 4 rings (SSSR count). The van der Waals surface area contributed by atoms with Gasteiger partial charge in [-0.1, -0.05) is 30.3 Å². The number of amides is 1. The van der Waals surface area contributed by atoms with Crippen molar-refractivity contribution >= 4 is 17.4 Å². The predicted molar refractivity (Wildman–Crippen MR) is 127 cm³/mol. The molecule has 2 heterocycles. The van der Waals surface area contributed by atoms with Crippen LogP contribution in [-0.4, -0.2) is 74.1 Å². The van der Waals surface area contributed by atoms with E-state index in [1.54, 1.807) is 36.4 Å². The van der Waals surface area contributed by atoms with Crippen LogP contribution in [0, 0.1) is 0 Å². The molecule has 8 nitrogen and oxygen atoms in total. The van der Waals surface area contributed by atoms with Gasteiger partial charge >= 0.3 is 0 Å². The SMILES string of the molecule is COc1cc(C2/C(=C(\O)c3ccccc3)C(=O)C(=O)N2CCN2CCCC2)cc(OC)c1OC. The molecule has 0 radical (unpaired) electrons. The smallest absolute Gasteiger partial charge is 0.295 e. The molecule has 0 aromatic heterocycles. The number of hydrogen-bond donors (Lipinski definition) is 1. The largest absolute Gasteiger partial charge is 0.507 e. The van der Waals surface area contributed by atoms with Gasteiger partial charge in [0, 0.05) is 18.7 Å². The van der Waals surface area contributed by atoms with E-state index in [2.05, 4.69) is 4.90 Å². The van der Waals surface area contributed by atoms with Gasteiger partial charge in [0.25, 0.3) is 11.7 Å². The molecule has 2 fully saturated rings. The Balaban J connectivity index is 1.85. The number of likely N-dealkylation sites (tertiary alicyclic amines) is 2. The topological polar surface area (TPSA) is 88.5 Å². The van der Waals surface area contributed by atoms with Gasteiger partial charge in [-0.25, -0.2) is 0 Å². The molecule has 180 valence electrons. The lowest BCUT2D eigenvalue weighted by atomic mass is 9.94. The number of hydrogen-bond acceptors (Lipinski definition) is 7. The van der Waals surface area contributed by atoms with Crippen LogP contribution in [0.15, 0.2) is 48.0 Å². The van der Waals surface area contributed by atoms with Gasteiger partial charge in [0.15, 0.2) is 11.5 Å². The van der Waals surface area contributed by atoms with E-state index in [0.717, 1.165) is 25.9 Å². The summed E-state index contributed by atoms with van der Waals surface area (Å²) in [6, 6.07) is 11.4. The molecule has 2 aromatic carbocycles. The molecule has 1 atom stereocenters. The zero-order valence-electron chi connectivity index (χ0n) is 19.7. The van der Waals surface area contributed by atoms with Crippen molar-refractivity contribution in [2.45, 2.75) is 18.9 Å². The van der Waals surface area contributed by atoms with Crippen LogP contribution in [0.5, 0.6) is 17.2 Å². The summed E-state index contributed by atoms with van der Waals surface area (Å²) < 4.78 is 16.5. The predicted octanol–water partition coefficient (Wildman–Crippen LogP) is 3.23. The van der Waals surface area contributed by atoms with Crippen LogP contribution in [0.2, 0.25) is 0 Å². The van der Waals surface area contributed by atoms with Crippen molar-refractivity contribution in [3.05, 3.63) is 59.2 Å². The fraction of sp³-hybridized carbons (Fsp3) is 0.385. The molecule has 1 N–H and O–H groups in total. The summed E-state index contributed by atoms with van der Waals surface area (Å²) in [7, 11) is 4.53. The minimum absolute atomic E-state index is 0.0481. The van der Waals surface area contributed by atoms with Crippen molar-refractivity contribution < 1.29 is 28.9 Å². The average molecular weight is 467 g/mol. The Hall–Kier alpha value is -3.52. The van der Waals surface area contributed by atoms with E-state index in [4.69, 9.17) is 14.2 Å². The van der Waals surface area contributed by atoms with Gasteiger partial charge < -0.3 is 29.1 Å². The van der Waals surface area contributed by atoms with Crippen LogP contribution in [0.1, 0.15) is 30.0 Å². The summed E-state index contributed by atoms with van der Waals surface area (Å²) in [6.45, 7) is 2.96. The fourth-order valence-corrected chi connectivity index (χ4v) is 4.72. The summed E-state index contributed by atoms with van der Waals surface area (Å²) in [6.07, 6.45) is 2.26. The Labute approximate surface area is 199 Å². The summed E-state index contributed by atoms with van der Waals surface area (Å²) in [4.78, 5) is 30.2. The van der Waals surface area contributed by atoms with Gasteiger partial charge in [-0.2, -0.15) is 0 Å². The van der Waals surface area contributed by atoms with E-state index < -0.39 is 17.7 Å². The van der Waals surface area contributed by atoms with E-state index in [0.29, 0.717) is 41.5 Å². The van der Waals surface area contributed by atoms with Gasteiger partial charge in [0.1, 0.15) is 5.76 Å². The van der Waals surface area contributed by atoms with Gasteiger partial charge in [-0.05, 0) is 43.6 Å². The second kappa shape index (κ2) is 10.2. The Morgan fingerprint density at radius 2 is 1.56 bits per heavy atom. The van der Waals surface area contributed by atoms with E-state index in [-0.39, 0.29) is 11.3 Å². The lowest BCUT2D eigenvalue weighted by molar-refractivity contribution is -0.140. The highest BCUT2D eigenvalue weighted by atomic mass is 16.5. The number of ketones is 1. The molecule has 2 aromatic rings. The first-order chi connectivity index (χ1) is 16.5. The molecule has 2 aliphatic rings. The van der Waals surface area contributed by atoms with Crippen LogP contribution < -0.4 is 14.2 Å². The maximum absolute atomic E-state index is 13.2. The van der Waals surface area contributed by atoms with Gasteiger partial charge in [0.05, 0.1) is 32.9 Å². The van der Waals surface area contributed by atoms with E-state index in [1.807, 2.05) is 6.07 Å². The molecule has 1 amide bonds. The summed E-state index contributed by atoms with van der Waals surface area (Å²) in [5.41, 5.74) is 1.11. The first-order valence-electron chi connectivity index (χ1n) is 11.4. The first-order valence-corrected chi connectivity index (χ1v) is 11.4. The third-order valence-corrected chi connectivity index (χ3v) is 6.45. The Morgan fingerprint density at radius 3 is 2.12 bits per heavy atom. The molecule has 0 saturated carbocycles. The lowest BCUT2D eigenvalue weighted by Gasteiger charge is -2.28. The third kappa shape index (κ3) is 4.33. The fourth-order valence-electron chi connectivity index (χ4n) is 4.72. The van der Waals surface area contributed by atoms with Gasteiger partial charge in [-0.3, -0.25) is 9.59 Å². The Kier molecular flexibility index (Phi) is 7.07. The number of carbonyl (C=O) groups excluding carboxylic acids is 2. The van der Waals surface area contributed by atoms with Gasteiger partial charge in [0.2, 0.25) is 5.75 Å². The number of Topliss-reactive ketones (excluding diaryl/α,β-unsaturated/α-hetero) is 1. The number of benzene rings is 2. The molecule has 0 bridgehead atoms. The minimum Gasteiger partial charge on any atom is -0.507 e. The second-order valence-electron chi connectivity index (χ2n) is 8.37. The molecular formula is C26H30N2O6. The molecule has 34 heavy (non-hydrogen) atoms. The molecule has 0 spiro atoms. The number of aliphatic hydroxyl groups is 1. The quantitative estimate of drug-likeness (QED) is 0.363. The number of aliphatic hydroxyl groups excluding tert-OH is 1. The number of rotatable bonds is 8. The molecule has 2 saturated heterocycles. The lowest BCUT2D eigenvalue weighted by Crippen LogP contribution is -2.37. The highest BCUT2D eigenvalue weighted by molar-refractivity contribution is 6.46. The van der Waals surface area contributed by atoms with E-state index in [1.165, 1.54) is 26.2 Å². The van der Waals surface area contributed by atoms with Crippen LogP contribution in [0.25, 0.3) is 5.76 Å². The molecule has 8 heteroatoms. The van der Waals surface area contributed by atoms with Crippen molar-refractivity contribution in [1.29, 1.82) is 0 Å². The highest BCUT2D eigenvalue weighted by Crippen LogP contribution is 2.45. The number of nitrogens with zero attached hydrogens (tertiary/aromatic N) is 2. The zero-order valence-corrected chi connectivity index (χ0v) is 19.7. The third-order valence-electron chi connectivity index (χ3n) is 6.45. The maximum Gasteiger partial charge on any atom is 0.295 e. The molecule has 2 aliphatic heterocycles. The Morgan fingerprint density at radius 1 is 0.941 bits per heavy atom. The van der Waals surface area contributed by atoms with E-state index in [9.17, 15) is 14.7 Å². The zero-order chi connectivity index (χ0) is 24.2. The van der Waals surface area contributed by atoms with Crippen LogP contribution >= 0.6 is 0 Å². The average Bonchev–Trinajstić information content (AvgIpc) is 3.48. The van der Waals surface area contributed by atoms with Crippen molar-refractivity contribution in [2.75, 3.05) is 47.5 Å². The highest BCUT2D eigenvalue weighted by Gasteiger charge is 2.46. The van der Waals surface area contributed by atoms with E-state index >= 15 is 0 Å².